The Labute approximate surface area is 148 Å². The Hall–Kier alpha value is -1.98. The minimum Gasteiger partial charge on any atom is -0.387 e. The molecule has 4 rings (SSSR count). The predicted octanol–water partition coefficient (Wildman–Crippen LogP) is 2.30. The van der Waals surface area contributed by atoms with Crippen LogP contribution in [-0.2, 0) is 0 Å². The second kappa shape index (κ2) is 6.73. The van der Waals surface area contributed by atoms with E-state index < -0.39 is 5.60 Å². The van der Waals surface area contributed by atoms with Crippen LogP contribution in [0.15, 0.2) is 36.5 Å². The minimum absolute atomic E-state index is 0.0728. The van der Waals surface area contributed by atoms with E-state index in [9.17, 15) is 9.90 Å². The number of pyridine rings is 1. The van der Waals surface area contributed by atoms with E-state index in [2.05, 4.69) is 9.88 Å². The number of rotatable bonds is 3. The molecule has 0 saturated carbocycles. The Balaban J connectivity index is 1.55. The Morgan fingerprint density at radius 3 is 2.76 bits per heavy atom. The highest BCUT2D eigenvalue weighted by atomic mass is 16.3. The Kier molecular flexibility index (Phi) is 4.44. The lowest BCUT2D eigenvalue weighted by atomic mass is 9.91. The third-order valence-electron chi connectivity index (χ3n) is 5.44. The van der Waals surface area contributed by atoms with Crippen LogP contribution >= 0.6 is 0 Å². The first kappa shape index (κ1) is 16.5. The number of hydrogen-bond donors (Lipinski definition) is 1. The van der Waals surface area contributed by atoms with Crippen molar-refractivity contribution in [3.63, 3.8) is 0 Å². The van der Waals surface area contributed by atoms with E-state index in [0.717, 1.165) is 36.7 Å². The zero-order valence-electron chi connectivity index (χ0n) is 14.5. The maximum atomic E-state index is 13.1. The number of β-amino-alcohol motifs (C(OH)–C–C–N with tert-alkyl or cyclic N) is 1. The zero-order chi connectivity index (χ0) is 17.3. The number of carbonyl (C=O) groups excluding carboxylic acids is 1. The summed E-state index contributed by atoms with van der Waals surface area (Å²) in [4.78, 5) is 21.5. The molecule has 0 spiro atoms. The van der Waals surface area contributed by atoms with Crippen LogP contribution in [0.5, 0.6) is 0 Å². The van der Waals surface area contributed by atoms with Crippen LogP contribution in [0.4, 0.5) is 0 Å². The molecule has 2 aromatic rings. The topological polar surface area (TPSA) is 56.7 Å². The van der Waals surface area contributed by atoms with Crippen LogP contribution in [0.25, 0.3) is 10.8 Å². The van der Waals surface area contributed by atoms with Crippen LogP contribution < -0.4 is 0 Å². The molecule has 2 aliphatic heterocycles. The summed E-state index contributed by atoms with van der Waals surface area (Å²) in [7, 11) is 0. The molecule has 0 radical (unpaired) electrons. The summed E-state index contributed by atoms with van der Waals surface area (Å²) in [6.45, 7) is 3.86. The molecule has 0 bridgehead atoms. The van der Waals surface area contributed by atoms with Crippen LogP contribution in [-0.4, -0.2) is 64.1 Å². The fourth-order valence-electron chi connectivity index (χ4n) is 4.21. The first-order valence-corrected chi connectivity index (χ1v) is 9.22. The largest absolute Gasteiger partial charge is 0.387 e. The Morgan fingerprint density at radius 2 is 1.92 bits per heavy atom. The molecule has 25 heavy (non-hydrogen) atoms. The van der Waals surface area contributed by atoms with Gasteiger partial charge in [0.1, 0.15) is 5.69 Å². The molecule has 1 aromatic heterocycles. The van der Waals surface area contributed by atoms with Crippen molar-refractivity contribution in [1.29, 1.82) is 0 Å². The SMILES string of the molecule is O=C(c1nccc2ccccc12)N1CCC[C@](O)(CN2CCCC2)C1. The highest BCUT2D eigenvalue weighted by Gasteiger charge is 2.37. The average Bonchev–Trinajstić information content (AvgIpc) is 3.13. The first-order chi connectivity index (χ1) is 12.1. The molecule has 5 heteroatoms. The van der Waals surface area contributed by atoms with Crippen molar-refractivity contribution in [2.45, 2.75) is 31.3 Å². The number of aromatic nitrogens is 1. The van der Waals surface area contributed by atoms with Crippen molar-refractivity contribution in [2.75, 3.05) is 32.7 Å². The predicted molar refractivity (Wildman–Crippen MR) is 97.5 cm³/mol. The van der Waals surface area contributed by atoms with Gasteiger partial charge in [-0.3, -0.25) is 9.78 Å². The minimum atomic E-state index is -0.803. The summed E-state index contributed by atoms with van der Waals surface area (Å²) in [5, 5.41) is 13.0. The molecule has 2 fully saturated rings. The van der Waals surface area contributed by atoms with Gasteiger partial charge < -0.3 is 14.9 Å². The van der Waals surface area contributed by atoms with E-state index in [4.69, 9.17) is 0 Å². The second-order valence-electron chi connectivity index (χ2n) is 7.42. The summed E-state index contributed by atoms with van der Waals surface area (Å²) >= 11 is 0. The van der Waals surface area contributed by atoms with Gasteiger partial charge >= 0.3 is 0 Å². The summed E-state index contributed by atoms with van der Waals surface area (Å²) < 4.78 is 0. The number of nitrogens with zero attached hydrogens (tertiary/aromatic N) is 3. The quantitative estimate of drug-likeness (QED) is 0.932. The molecular formula is C20H25N3O2. The highest BCUT2D eigenvalue weighted by Crippen LogP contribution is 2.26. The highest BCUT2D eigenvalue weighted by molar-refractivity contribution is 6.05. The van der Waals surface area contributed by atoms with Gasteiger partial charge in [0, 0.05) is 24.7 Å². The van der Waals surface area contributed by atoms with Gasteiger partial charge in [-0.2, -0.15) is 0 Å². The molecule has 1 aromatic carbocycles. The number of fused-ring (bicyclic) bond motifs is 1. The van der Waals surface area contributed by atoms with Crippen molar-refractivity contribution in [1.82, 2.24) is 14.8 Å². The number of amides is 1. The summed E-state index contributed by atoms with van der Waals surface area (Å²) in [6, 6.07) is 9.75. The standard InChI is InChI=1S/C20H25N3O2/c24-19(18-17-7-2-1-6-16(17)8-10-21-18)23-13-5-9-20(25,15-23)14-22-11-3-4-12-22/h1-2,6-8,10,25H,3-5,9,11-15H2/t20-/m0/s1. The fourth-order valence-corrected chi connectivity index (χ4v) is 4.21. The van der Waals surface area contributed by atoms with Crippen molar-refractivity contribution in [3.8, 4) is 0 Å². The van der Waals surface area contributed by atoms with Gasteiger partial charge in [0.15, 0.2) is 0 Å². The van der Waals surface area contributed by atoms with Crippen molar-refractivity contribution in [2.24, 2.45) is 0 Å². The Morgan fingerprint density at radius 1 is 1.12 bits per heavy atom. The lowest BCUT2D eigenvalue weighted by molar-refractivity contribution is -0.0431. The molecule has 2 aliphatic rings. The number of benzene rings is 1. The second-order valence-corrected chi connectivity index (χ2v) is 7.42. The van der Waals surface area contributed by atoms with Gasteiger partial charge in [0.25, 0.3) is 5.91 Å². The first-order valence-electron chi connectivity index (χ1n) is 9.22. The molecule has 5 nitrogen and oxygen atoms in total. The smallest absolute Gasteiger partial charge is 0.273 e. The van der Waals surface area contributed by atoms with Gasteiger partial charge in [-0.25, -0.2) is 0 Å². The number of aliphatic hydroxyl groups is 1. The third-order valence-corrected chi connectivity index (χ3v) is 5.44. The van der Waals surface area contributed by atoms with Gasteiger partial charge in [-0.1, -0.05) is 24.3 Å². The summed E-state index contributed by atoms with van der Waals surface area (Å²) in [6.07, 6.45) is 5.70. The van der Waals surface area contributed by atoms with E-state index in [1.165, 1.54) is 12.8 Å². The molecule has 1 N–H and O–H groups in total. The van der Waals surface area contributed by atoms with Gasteiger partial charge in [0.2, 0.25) is 0 Å². The van der Waals surface area contributed by atoms with Crippen LogP contribution in [0.1, 0.15) is 36.2 Å². The number of hydrogen-bond acceptors (Lipinski definition) is 4. The van der Waals surface area contributed by atoms with Gasteiger partial charge in [0.05, 0.1) is 12.1 Å². The van der Waals surface area contributed by atoms with Crippen LogP contribution in [0.3, 0.4) is 0 Å². The lowest BCUT2D eigenvalue weighted by Crippen LogP contribution is -2.55. The van der Waals surface area contributed by atoms with Crippen molar-refractivity contribution in [3.05, 3.63) is 42.2 Å². The number of carbonyl (C=O) groups is 1. The van der Waals surface area contributed by atoms with Gasteiger partial charge in [-0.15, -0.1) is 0 Å². The molecule has 0 unspecified atom stereocenters. The molecule has 132 valence electrons. The zero-order valence-corrected chi connectivity index (χ0v) is 14.5. The maximum absolute atomic E-state index is 13.1. The van der Waals surface area contributed by atoms with Crippen molar-refractivity contribution < 1.29 is 9.90 Å². The normalized spacial score (nSPS) is 24.8. The van der Waals surface area contributed by atoms with Gasteiger partial charge in [-0.05, 0) is 50.2 Å². The molecule has 2 saturated heterocycles. The summed E-state index contributed by atoms with van der Waals surface area (Å²) in [5.74, 6) is -0.0728. The average molecular weight is 339 g/mol. The molecular weight excluding hydrogens is 314 g/mol. The molecule has 0 aliphatic carbocycles. The van der Waals surface area contributed by atoms with E-state index >= 15 is 0 Å². The molecule has 1 atom stereocenters. The molecule has 1 amide bonds. The van der Waals surface area contributed by atoms with E-state index in [0.29, 0.717) is 25.3 Å². The summed E-state index contributed by atoms with van der Waals surface area (Å²) in [5.41, 5.74) is -0.313. The van der Waals surface area contributed by atoms with E-state index in [1.54, 1.807) is 11.1 Å². The number of likely N-dealkylation sites (tertiary alicyclic amines) is 2. The third kappa shape index (κ3) is 3.39. The fraction of sp³-hybridized carbons (Fsp3) is 0.500. The Bertz CT molecular complexity index is 767. The monoisotopic (exact) mass is 339 g/mol. The van der Waals surface area contributed by atoms with Crippen LogP contribution in [0.2, 0.25) is 0 Å². The van der Waals surface area contributed by atoms with E-state index in [-0.39, 0.29) is 5.91 Å². The number of piperidine rings is 1. The maximum Gasteiger partial charge on any atom is 0.273 e. The lowest BCUT2D eigenvalue weighted by Gasteiger charge is -2.41. The molecule has 3 heterocycles. The van der Waals surface area contributed by atoms with Crippen molar-refractivity contribution >= 4 is 16.7 Å². The van der Waals surface area contributed by atoms with E-state index in [1.807, 2.05) is 30.3 Å². The van der Waals surface area contributed by atoms with Crippen LogP contribution in [0, 0.1) is 0 Å².